The summed E-state index contributed by atoms with van der Waals surface area (Å²) in [6, 6.07) is 14.7. The van der Waals surface area contributed by atoms with Crippen LogP contribution >= 0.6 is 11.8 Å². The minimum absolute atomic E-state index is 0.0685. The van der Waals surface area contributed by atoms with E-state index in [1.54, 1.807) is 40.9 Å². The summed E-state index contributed by atoms with van der Waals surface area (Å²) in [6.07, 6.45) is 0.572. The number of amides is 1. The predicted octanol–water partition coefficient (Wildman–Crippen LogP) is 2.64. The van der Waals surface area contributed by atoms with Crippen LogP contribution in [0, 0.1) is 6.07 Å². The Morgan fingerprint density at radius 2 is 2.24 bits per heavy atom. The summed E-state index contributed by atoms with van der Waals surface area (Å²) < 4.78 is 5.76. The third-order valence-electron chi connectivity index (χ3n) is 4.02. The lowest BCUT2D eigenvalue weighted by atomic mass is 10.1. The molecule has 1 atom stereocenters. The van der Waals surface area contributed by atoms with E-state index in [1.807, 2.05) is 12.1 Å². The summed E-state index contributed by atoms with van der Waals surface area (Å²) in [6.45, 7) is 0.900. The molecule has 1 N–H and O–H groups in total. The zero-order valence-corrected chi connectivity index (χ0v) is 14.4. The zero-order chi connectivity index (χ0) is 17.6. The average molecular weight is 356 g/mol. The van der Waals surface area contributed by atoms with Crippen molar-refractivity contribution in [3.63, 3.8) is 0 Å². The molecule has 1 radical (unpaired) electrons. The Morgan fingerprint density at radius 3 is 3.00 bits per heavy atom. The Morgan fingerprint density at radius 1 is 1.36 bits per heavy atom. The molecule has 1 aliphatic heterocycles. The van der Waals surface area contributed by atoms with Crippen molar-refractivity contribution >= 4 is 24.0 Å². The molecule has 25 heavy (non-hydrogen) atoms. The molecular weight excluding hydrogens is 338 g/mol. The third kappa shape index (κ3) is 3.96. The predicted molar refractivity (Wildman–Crippen MR) is 96.4 cm³/mol. The standard InChI is InChI=1S/C19H18NO4S/c21-11-16-17(22)7-4-8-18(16)24-12-15-13-25-10-9-20(15)19(23)14-5-2-1-3-6-14/h1-5,7-8,11,15,22H,9-10,12-13H2/t15-/m1/s1. The Bertz CT molecular complexity index is 750. The number of rotatable bonds is 5. The fourth-order valence-electron chi connectivity index (χ4n) is 2.70. The van der Waals surface area contributed by atoms with Crippen molar-refractivity contribution in [3.05, 3.63) is 59.7 Å². The molecular formula is C19H18NO4S. The van der Waals surface area contributed by atoms with Crippen molar-refractivity contribution in [2.45, 2.75) is 6.04 Å². The largest absolute Gasteiger partial charge is 0.507 e. The molecule has 3 rings (SSSR count). The number of carbonyl (C=O) groups is 2. The Labute approximate surface area is 150 Å². The van der Waals surface area contributed by atoms with E-state index in [0.29, 0.717) is 24.1 Å². The highest BCUT2D eigenvalue weighted by Gasteiger charge is 2.28. The van der Waals surface area contributed by atoms with Crippen LogP contribution in [0.1, 0.15) is 20.7 Å². The van der Waals surface area contributed by atoms with Crippen LogP contribution in [0.2, 0.25) is 0 Å². The maximum atomic E-state index is 12.7. The van der Waals surface area contributed by atoms with Crippen LogP contribution in [0.15, 0.2) is 42.5 Å². The summed E-state index contributed by atoms with van der Waals surface area (Å²) in [5, 5.41) is 9.73. The van der Waals surface area contributed by atoms with Crippen LogP contribution in [-0.4, -0.2) is 52.9 Å². The second-order valence-electron chi connectivity index (χ2n) is 5.62. The molecule has 1 aliphatic rings. The SMILES string of the molecule is O=Cc1c(O)cccc1OC[C@@H]1CSCCN1C(=O)c1[c]cccc1. The number of nitrogens with zero attached hydrogens (tertiary/aromatic N) is 1. The lowest BCUT2D eigenvalue weighted by Crippen LogP contribution is -2.49. The van der Waals surface area contributed by atoms with Crippen LogP contribution < -0.4 is 4.74 Å². The van der Waals surface area contributed by atoms with Gasteiger partial charge >= 0.3 is 0 Å². The van der Waals surface area contributed by atoms with Gasteiger partial charge in [0.1, 0.15) is 18.1 Å². The summed E-state index contributed by atoms with van der Waals surface area (Å²) in [4.78, 5) is 25.7. The smallest absolute Gasteiger partial charge is 0.254 e. The monoisotopic (exact) mass is 356 g/mol. The second-order valence-corrected chi connectivity index (χ2v) is 6.77. The molecule has 2 aromatic rings. The van der Waals surface area contributed by atoms with E-state index < -0.39 is 0 Å². The number of carbonyl (C=O) groups excluding carboxylic acids is 2. The van der Waals surface area contributed by atoms with Gasteiger partial charge in [-0.05, 0) is 24.3 Å². The van der Waals surface area contributed by atoms with Gasteiger partial charge in [0.2, 0.25) is 0 Å². The Hall–Kier alpha value is -2.47. The first kappa shape index (κ1) is 17.4. The maximum Gasteiger partial charge on any atom is 0.254 e. The first-order chi connectivity index (χ1) is 12.2. The van der Waals surface area contributed by atoms with Crippen LogP contribution in [0.4, 0.5) is 0 Å². The first-order valence-corrected chi connectivity index (χ1v) is 9.11. The molecule has 5 nitrogen and oxygen atoms in total. The van der Waals surface area contributed by atoms with Crippen LogP contribution in [0.5, 0.6) is 11.5 Å². The van der Waals surface area contributed by atoms with Crippen LogP contribution in [0.25, 0.3) is 0 Å². The first-order valence-electron chi connectivity index (χ1n) is 7.96. The fraction of sp³-hybridized carbons (Fsp3) is 0.263. The van der Waals surface area contributed by atoms with Gasteiger partial charge in [-0.1, -0.05) is 24.3 Å². The van der Waals surface area contributed by atoms with Crippen molar-refractivity contribution in [2.24, 2.45) is 0 Å². The number of ether oxygens (including phenoxy) is 1. The van der Waals surface area contributed by atoms with E-state index in [-0.39, 0.29) is 29.9 Å². The molecule has 0 spiro atoms. The molecule has 1 heterocycles. The number of aldehydes is 1. The van der Waals surface area contributed by atoms with Gasteiger partial charge in [0.25, 0.3) is 5.91 Å². The Balaban J connectivity index is 1.73. The normalized spacial score (nSPS) is 17.1. The molecule has 2 aromatic carbocycles. The molecule has 0 aromatic heterocycles. The van der Waals surface area contributed by atoms with Gasteiger partial charge in [0, 0.05) is 23.6 Å². The number of thioether (sulfide) groups is 1. The van der Waals surface area contributed by atoms with Crippen molar-refractivity contribution in [3.8, 4) is 11.5 Å². The summed E-state index contributed by atoms with van der Waals surface area (Å²) in [5.41, 5.74) is 0.658. The van der Waals surface area contributed by atoms with E-state index in [4.69, 9.17) is 4.74 Å². The number of aromatic hydroxyl groups is 1. The minimum Gasteiger partial charge on any atom is -0.507 e. The summed E-state index contributed by atoms with van der Waals surface area (Å²) >= 11 is 1.76. The molecule has 1 fully saturated rings. The molecule has 1 saturated heterocycles. The van der Waals surface area contributed by atoms with Gasteiger partial charge in [-0.3, -0.25) is 9.59 Å². The molecule has 0 bridgehead atoms. The second kappa shape index (κ2) is 8.07. The van der Waals surface area contributed by atoms with E-state index in [1.165, 1.54) is 6.07 Å². The summed E-state index contributed by atoms with van der Waals surface area (Å²) in [5.74, 6) is 1.77. The minimum atomic E-state index is -0.114. The zero-order valence-electron chi connectivity index (χ0n) is 13.6. The van der Waals surface area contributed by atoms with Gasteiger partial charge in [-0.25, -0.2) is 0 Å². The van der Waals surface area contributed by atoms with E-state index in [2.05, 4.69) is 6.07 Å². The molecule has 6 heteroatoms. The molecule has 0 unspecified atom stereocenters. The van der Waals surface area contributed by atoms with Crippen LogP contribution in [0.3, 0.4) is 0 Å². The lowest BCUT2D eigenvalue weighted by Gasteiger charge is -2.35. The van der Waals surface area contributed by atoms with Gasteiger partial charge in [-0.2, -0.15) is 11.8 Å². The van der Waals surface area contributed by atoms with Crippen LogP contribution in [-0.2, 0) is 0 Å². The molecule has 129 valence electrons. The van der Waals surface area contributed by atoms with Crippen molar-refractivity contribution < 1.29 is 19.4 Å². The molecule has 0 aliphatic carbocycles. The number of hydrogen-bond donors (Lipinski definition) is 1. The highest BCUT2D eigenvalue weighted by Crippen LogP contribution is 2.27. The fourth-order valence-corrected chi connectivity index (χ4v) is 3.74. The van der Waals surface area contributed by atoms with Crippen molar-refractivity contribution in [1.82, 2.24) is 4.90 Å². The Kier molecular flexibility index (Phi) is 5.60. The van der Waals surface area contributed by atoms with Gasteiger partial charge in [0.05, 0.1) is 11.6 Å². The lowest BCUT2D eigenvalue weighted by molar-refractivity contribution is 0.0646. The van der Waals surface area contributed by atoms with Gasteiger partial charge in [-0.15, -0.1) is 0 Å². The highest BCUT2D eigenvalue weighted by atomic mass is 32.2. The number of phenolic OH excluding ortho intramolecular Hbond substituents is 1. The number of phenols is 1. The van der Waals surface area contributed by atoms with E-state index in [0.717, 1.165) is 11.5 Å². The van der Waals surface area contributed by atoms with E-state index in [9.17, 15) is 14.7 Å². The maximum absolute atomic E-state index is 12.7. The third-order valence-corrected chi connectivity index (χ3v) is 5.11. The van der Waals surface area contributed by atoms with E-state index >= 15 is 0 Å². The van der Waals surface area contributed by atoms with Crippen molar-refractivity contribution in [2.75, 3.05) is 24.7 Å². The molecule has 1 amide bonds. The molecule has 0 saturated carbocycles. The number of benzene rings is 2. The average Bonchev–Trinajstić information content (AvgIpc) is 2.67. The van der Waals surface area contributed by atoms with Crippen molar-refractivity contribution in [1.29, 1.82) is 0 Å². The number of hydrogen-bond acceptors (Lipinski definition) is 5. The van der Waals surface area contributed by atoms with Gasteiger partial charge < -0.3 is 14.7 Å². The quantitative estimate of drug-likeness (QED) is 0.834. The highest BCUT2D eigenvalue weighted by molar-refractivity contribution is 7.99. The van der Waals surface area contributed by atoms with Gasteiger partial charge in [0.15, 0.2) is 6.29 Å². The summed E-state index contributed by atoms with van der Waals surface area (Å²) in [7, 11) is 0. The topological polar surface area (TPSA) is 66.8 Å².